The van der Waals surface area contributed by atoms with E-state index in [1.807, 2.05) is 36.4 Å². The molecule has 3 aromatic carbocycles. The van der Waals surface area contributed by atoms with Crippen molar-refractivity contribution in [2.24, 2.45) is 0 Å². The number of allylic oxidation sites excluding steroid dienone is 1. The van der Waals surface area contributed by atoms with Gasteiger partial charge in [0.05, 0.1) is 7.11 Å². The van der Waals surface area contributed by atoms with Crippen molar-refractivity contribution in [1.82, 2.24) is 0 Å². The third-order valence-electron chi connectivity index (χ3n) is 4.72. The van der Waals surface area contributed by atoms with Crippen molar-refractivity contribution in [3.63, 3.8) is 0 Å². The summed E-state index contributed by atoms with van der Waals surface area (Å²) in [6.07, 6.45) is 3.51. The van der Waals surface area contributed by atoms with E-state index in [-0.39, 0.29) is 11.9 Å². The Hall–Kier alpha value is -2.87. The number of carbonyl (C=O) groups excluding carboxylic acids is 1. The monoisotopic (exact) mass is 344 g/mol. The lowest BCUT2D eigenvalue weighted by atomic mass is 9.95. The number of aryl methyl sites for hydroxylation is 1. The van der Waals surface area contributed by atoms with Crippen molar-refractivity contribution in [3.05, 3.63) is 95.6 Å². The van der Waals surface area contributed by atoms with Crippen LogP contribution in [0.15, 0.2) is 84.4 Å². The maximum atomic E-state index is 12.2. The molecule has 0 heterocycles. The van der Waals surface area contributed by atoms with E-state index in [9.17, 15) is 4.79 Å². The van der Waals surface area contributed by atoms with Gasteiger partial charge in [0.15, 0.2) is 0 Å². The van der Waals surface area contributed by atoms with E-state index in [1.165, 1.54) is 29.0 Å². The summed E-state index contributed by atoms with van der Waals surface area (Å²) in [7, 11) is 1.44. The van der Waals surface area contributed by atoms with Crippen LogP contribution in [0.25, 0.3) is 10.8 Å². The summed E-state index contributed by atoms with van der Waals surface area (Å²) in [6.45, 7) is 2.11. The van der Waals surface area contributed by atoms with E-state index in [0.717, 1.165) is 12.0 Å². The van der Waals surface area contributed by atoms with Crippen molar-refractivity contribution in [1.29, 1.82) is 0 Å². The van der Waals surface area contributed by atoms with Crippen molar-refractivity contribution in [3.8, 4) is 0 Å². The van der Waals surface area contributed by atoms with Gasteiger partial charge in [-0.2, -0.15) is 0 Å². The molecule has 0 aliphatic carbocycles. The number of esters is 1. The molecule has 0 N–H and O–H groups in total. The third-order valence-corrected chi connectivity index (χ3v) is 4.72. The zero-order valence-electron chi connectivity index (χ0n) is 15.3. The minimum atomic E-state index is -0.242. The molecule has 0 aliphatic heterocycles. The van der Waals surface area contributed by atoms with Gasteiger partial charge in [0.25, 0.3) is 0 Å². The quantitative estimate of drug-likeness (QED) is 0.425. The summed E-state index contributed by atoms with van der Waals surface area (Å²) in [5.41, 5.74) is 3.16. The fraction of sp³-hybridized carbons (Fsp3) is 0.208. The van der Waals surface area contributed by atoms with Crippen molar-refractivity contribution >= 4 is 16.7 Å². The van der Waals surface area contributed by atoms with Gasteiger partial charge in [0, 0.05) is 5.57 Å². The smallest absolute Gasteiger partial charge is 0.333 e. The molecule has 0 aromatic heterocycles. The SMILES string of the molecule is COC(=O)/C(=C/C(C)c1ccccc1)CCc1ccc2ccccc2c1. The van der Waals surface area contributed by atoms with E-state index >= 15 is 0 Å². The van der Waals surface area contributed by atoms with Crippen molar-refractivity contribution < 1.29 is 9.53 Å². The van der Waals surface area contributed by atoms with Gasteiger partial charge in [-0.1, -0.05) is 85.8 Å². The molecule has 0 aliphatic rings. The van der Waals surface area contributed by atoms with E-state index < -0.39 is 0 Å². The molecule has 1 unspecified atom stereocenters. The fourth-order valence-electron chi connectivity index (χ4n) is 3.21. The third kappa shape index (κ3) is 4.40. The second-order valence-corrected chi connectivity index (χ2v) is 6.56. The second kappa shape index (κ2) is 8.48. The highest BCUT2D eigenvalue weighted by atomic mass is 16.5. The lowest BCUT2D eigenvalue weighted by Crippen LogP contribution is -2.07. The van der Waals surface area contributed by atoms with Gasteiger partial charge in [-0.15, -0.1) is 0 Å². The van der Waals surface area contributed by atoms with Crippen LogP contribution in [-0.4, -0.2) is 13.1 Å². The zero-order chi connectivity index (χ0) is 18.4. The first-order valence-corrected chi connectivity index (χ1v) is 8.99. The summed E-state index contributed by atoms with van der Waals surface area (Å²) >= 11 is 0. The minimum absolute atomic E-state index is 0.168. The summed E-state index contributed by atoms with van der Waals surface area (Å²) in [4.78, 5) is 12.2. The van der Waals surface area contributed by atoms with Crippen LogP contribution in [0.1, 0.15) is 30.4 Å². The Labute approximate surface area is 155 Å². The number of methoxy groups -OCH3 is 1. The highest BCUT2D eigenvalue weighted by Gasteiger charge is 2.13. The Balaban J connectivity index is 1.77. The number of ether oxygens (including phenoxy) is 1. The van der Waals surface area contributed by atoms with Gasteiger partial charge in [-0.05, 0) is 40.7 Å². The molecule has 0 bridgehead atoms. The summed E-state index contributed by atoms with van der Waals surface area (Å²) in [5.74, 6) is -0.0736. The first-order chi connectivity index (χ1) is 12.7. The summed E-state index contributed by atoms with van der Waals surface area (Å²) < 4.78 is 5.00. The molecule has 132 valence electrons. The molecule has 0 spiro atoms. The molecule has 26 heavy (non-hydrogen) atoms. The number of hydrogen-bond acceptors (Lipinski definition) is 2. The topological polar surface area (TPSA) is 26.3 Å². The maximum absolute atomic E-state index is 12.2. The Morgan fingerprint density at radius 2 is 1.65 bits per heavy atom. The zero-order valence-corrected chi connectivity index (χ0v) is 15.3. The molecular formula is C24H24O2. The number of carbonyl (C=O) groups is 1. The number of benzene rings is 3. The lowest BCUT2D eigenvalue weighted by molar-refractivity contribution is -0.136. The van der Waals surface area contributed by atoms with E-state index in [1.54, 1.807) is 0 Å². The van der Waals surface area contributed by atoms with E-state index in [0.29, 0.717) is 6.42 Å². The van der Waals surface area contributed by atoms with E-state index in [2.05, 4.69) is 49.4 Å². The van der Waals surface area contributed by atoms with Gasteiger partial charge in [0.2, 0.25) is 0 Å². The molecule has 0 fully saturated rings. The molecule has 0 saturated carbocycles. The highest BCUT2D eigenvalue weighted by Crippen LogP contribution is 2.22. The number of rotatable bonds is 6. The molecule has 0 radical (unpaired) electrons. The lowest BCUT2D eigenvalue weighted by Gasteiger charge is -2.11. The Kier molecular flexibility index (Phi) is 5.85. The van der Waals surface area contributed by atoms with Crippen LogP contribution in [0, 0.1) is 0 Å². The first-order valence-electron chi connectivity index (χ1n) is 8.99. The van der Waals surface area contributed by atoms with Gasteiger partial charge in [-0.25, -0.2) is 4.79 Å². The average Bonchev–Trinajstić information content (AvgIpc) is 2.70. The van der Waals surface area contributed by atoms with Crippen LogP contribution < -0.4 is 0 Å². The molecule has 3 aromatic rings. The molecule has 0 saturated heterocycles. The predicted octanol–water partition coefficient (Wildman–Crippen LogP) is 5.68. The van der Waals surface area contributed by atoms with Crippen molar-refractivity contribution in [2.75, 3.05) is 7.11 Å². The standard InChI is InChI=1S/C24H24O2/c1-18(20-8-4-3-5-9-20)16-23(24(25)26-2)15-13-19-12-14-21-10-6-7-11-22(21)17-19/h3-12,14,16-18H,13,15H2,1-2H3/b23-16+. The first kappa shape index (κ1) is 17.9. The minimum Gasteiger partial charge on any atom is -0.466 e. The van der Waals surface area contributed by atoms with Gasteiger partial charge < -0.3 is 4.74 Å². The molecular weight excluding hydrogens is 320 g/mol. The Morgan fingerprint density at radius 3 is 2.38 bits per heavy atom. The van der Waals surface area contributed by atoms with Crippen LogP contribution in [0.4, 0.5) is 0 Å². The van der Waals surface area contributed by atoms with Crippen LogP contribution in [0.5, 0.6) is 0 Å². The van der Waals surface area contributed by atoms with Gasteiger partial charge >= 0.3 is 5.97 Å². The van der Waals surface area contributed by atoms with Crippen molar-refractivity contribution in [2.45, 2.75) is 25.7 Å². The molecule has 0 amide bonds. The highest BCUT2D eigenvalue weighted by molar-refractivity contribution is 5.88. The van der Waals surface area contributed by atoms with Crippen LogP contribution >= 0.6 is 0 Å². The number of fused-ring (bicyclic) bond motifs is 1. The van der Waals surface area contributed by atoms with E-state index in [4.69, 9.17) is 4.74 Å². The largest absolute Gasteiger partial charge is 0.466 e. The fourth-order valence-corrected chi connectivity index (χ4v) is 3.21. The molecule has 2 nitrogen and oxygen atoms in total. The Bertz CT molecular complexity index is 910. The normalized spacial score (nSPS) is 12.8. The Morgan fingerprint density at radius 1 is 0.962 bits per heavy atom. The second-order valence-electron chi connectivity index (χ2n) is 6.56. The predicted molar refractivity (Wildman–Crippen MR) is 107 cm³/mol. The summed E-state index contributed by atoms with van der Waals surface area (Å²) in [6, 6.07) is 25.0. The molecule has 3 rings (SSSR count). The average molecular weight is 344 g/mol. The number of hydrogen-bond donors (Lipinski definition) is 0. The van der Waals surface area contributed by atoms with Gasteiger partial charge in [-0.3, -0.25) is 0 Å². The van der Waals surface area contributed by atoms with Crippen LogP contribution in [0.2, 0.25) is 0 Å². The summed E-state index contributed by atoms with van der Waals surface area (Å²) in [5, 5.41) is 2.46. The molecule has 2 heteroatoms. The molecule has 1 atom stereocenters. The van der Waals surface area contributed by atoms with Crippen LogP contribution in [0.3, 0.4) is 0 Å². The van der Waals surface area contributed by atoms with Gasteiger partial charge in [0.1, 0.15) is 0 Å². The maximum Gasteiger partial charge on any atom is 0.333 e. The van der Waals surface area contributed by atoms with Crippen LogP contribution in [-0.2, 0) is 16.0 Å².